The molecule has 0 saturated heterocycles. The summed E-state index contributed by atoms with van der Waals surface area (Å²) in [6, 6.07) is 12.5. The Hall–Kier alpha value is -2.40. The van der Waals surface area contributed by atoms with Gasteiger partial charge in [-0.2, -0.15) is 0 Å². The highest BCUT2D eigenvalue weighted by atomic mass is 35.5. The molecular formula is C23H28ClFN2O2. The summed E-state index contributed by atoms with van der Waals surface area (Å²) in [5.41, 5.74) is 1.60. The molecule has 6 heteroatoms. The molecule has 29 heavy (non-hydrogen) atoms. The van der Waals surface area contributed by atoms with Crippen LogP contribution in [0.15, 0.2) is 48.5 Å². The highest BCUT2D eigenvalue weighted by Gasteiger charge is 2.28. The first kappa shape index (κ1) is 22.9. The van der Waals surface area contributed by atoms with E-state index in [0.717, 1.165) is 18.4 Å². The molecule has 0 aliphatic carbocycles. The number of benzene rings is 2. The Balaban J connectivity index is 2.22. The summed E-state index contributed by atoms with van der Waals surface area (Å²) in [6.45, 7) is 4.84. The first-order valence-electron chi connectivity index (χ1n) is 10.0. The number of nitrogens with zero attached hydrogens (tertiary/aromatic N) is 1. The smallest absolute Gasteiger partial charge is 0.242 e. The molecule has 0 heterocycles. The van der Waals surface area contributed by atoms with Crippen LogP contribution in [0.2, 0.25) is 5.02 Å². The third-order valence-corrected chi connectivity index (χ3v) is 5.00. The van der Waals surface area contributed by atoms with Gasteiger partial charge in [0.25, 0.3) is 0 Å². The molecule has 2 aromatic carbocycles. The monoisotopic (exact) mass is 418 g/mol. The molecule has 156 valence electrons. The van der Waals surface area contributed by atoms with Gasteiger partial charge >= 0.3 is 0 Å². The van der Waals surface area contributed by atoms with Gasteiger partial charge in [-0.3, -0.25) is 9.59 Å². The van der Waals surface area contributed by atoms with Crippen LogP contribution in [-0.2, 0) is 22.6 Å². The van der Waals surface area contributed by atoms with Crippen molar-refractivity contribution < 1.29 is 14.0 Å². The summed E-state index contributed by atoms with van der Waals surface area (Å²) in [7, 11) is 0. The fraction of sp³-hybridized carbons (Fsp3) is 0.391. The van der Waals surface area contributed by atoms with Crippen LogP contribution in [0.3, 0.4) is 0 Å². The third kappa shape index (κ3) is 7.17. The lowest BCUT2D eigenvalue weighted by Crippen LogP contribution is -2.49. The molecule has 0 aromatic heterocycles. The van der Waals surface area contributed by atoms with Gasteiger partial charge in [-0.25, -0.2) is 4.39 Å². The maximum Gasteiger partial charge on any atom is 0.242 e. The summed E-state index contributed by atoms with van der Waals surface area (Å²) in [5.74, 6) is -0.674. The van der Waals surface area contributed by atoms with E-state index in [1.54, 1.807) is 29.2 Å². The maximum atomic E-state index is 13.2. The van der Waals surface area contributed by atoms with Crippen molar-refractivity contribution in [1.29, 1.82) is 0 Å². The fourth-order valence-electron chi connectivity index (χ4n) is 3.09. The molecule has 4 nitrogen and oxygen atoms in total. The quantitative estimate of drug-likeness (QED) is 0.566. The number of unbranched alkanes of at least 4 members (excludes halogenated alkanes) is 1. The molecule has 0 aliphatic heterocycles. The lowest BCUT2D eigenvalue weighted by Gasteiger charge is -2.31. The van der Waals surface area contributed by atoms with Crippen LogP contribution in [0.25, 0.3) is 0 Å². The van der Waals surface area contributed by atoms with Crippen LogP contribution in [0, 0.1) is 5.82 Å². The molecule has 1 unspecified atom stereocenters. The molecule has 2 amide bonds. The highest BCUT2D eigenvalue weighted by molar-refractivity contribution is 6.30. The molecule has 0 radical (unpaired) electrons. The SMILES string of the molecule is CCCCNC(=O)C(CC)N(Cc1ccc(Cl)cc1)C(=O)Cc1ccc(F)cc1. The Bertz CT molecular complexity index is 794. The molecule has 0 aliphatic rings. The zero-order chi connectivity index (χ0) is 21.2. The predicted molar refractivity (Wildman–Crippen MR) is 114 cm³/mol. The molecule has 0 fully saturated rings. The number of nitrogens with one attached hydrogen (secondary N) is 1. The number of hydrogen-bond acceptors (Lipinski definition) is 2. The lowest BCUT2D eigenvalue weighted by atomic mass is 10.1. The standard InChI is InChI=1S/C23H28ClFN2O2/c1-3-5-14-26-23(29)21(4-2)27(16-18-6-10-19(24)11-7-18)22(28)15-17-8-12-20(25)13-9-17/h6-13,21H,3-5,14-16H2,1-2H3,(H,26,29). The summed E-state index contributed by atoms with van der Waals surface area (Å²) in [6.07, 6.45) is 2.48. The Morgan fingerprint density at radius 1 is 1.03 bits per heavy atom. The zero-order valence-electron chi connectivity index (χ0n) is 17.0. The molecular weight excluding hydrogens is 391 g/mol. The van der Waals surface area contributed by atoms with Crippen molar-refractivity contribution in [1.82, 2.24) is 10.2 Å². The highest BCUT2D eigenvalue weighted by Crippen LogP contribution is 2.17. The van der Waals surface area contributed by atoms with Crippen molar-refractivity contribution in [3.05, 3.63) is 70.5 Å². The second-order valence-corrected chi connectivity index (χ2v) is 7.46. The van der Waals surface area contributed by atoms with E-state index in [9.17, 15) is 14.0 Å². The number of amides is 2. The van der Waals surface area contributed by atoms with Gasteiger partial charge in [0.2, 0.25) is 11.8 Å². The predicted octanol–water partition coefficient (Wildman–Crippen LogP) is 4.75. The summed E-state index contributed by atoms with van der Waals surface area (Å²) >= 11 is 5.97. The van der Waals surface area contributed by atoms with Crippen LogP contribution >= 0.6 is 11.6 Å². The molecule has 0 spiro atoms. The molecule has 1 atom stereocenters. The van der Waals surface area contributed by atoms with Crippen LogP contribution in [0.4, 0.5) is 4.39 Å². The molecule has 0 bridgehead atoms. The molecule has 0 saturated carbocycles. The van der Waals surface area contributed by atoms with Crippen LogP contribution < -0.4 is 5.32 Å². The Labute approximate surface area is 177 Å². The minimum Gasteiger partial charge on any atom is -0.354 e. The minimum atomic E-state index is -0.574. The van der Waals surface area contributed by atoms with E-state index in [-0.39, 0.29) is 24.1 Å². The Kier molecular flexibility index (Phi) is 9.13. The number of hydrogen-bond donors (Lipinski definition) is 1. The first-order chi connectivity index (χ1) is 13.9. The largest absolute Gasteiger partial charge is 0.354 e. The van der Waals surface area contributed by atoms with Crippen molar-refractivity contribution in [3.63, 3.8) is 0 Å². The van der Waals surface area contributed by atoms with Gasteiger partial charge in [0.05, 0.1) is 6.42 Å². The van der Waals surface area contributed by atoms with Crippen molar-refractivity contribution in [2.24, 2.45) is 0 Å². The van der Waals surface area contributed by atoms with Gasteiger partial charge in [0.15, 0.2) is 0 Å². The average molecular weight is 419 g/mol. The molecule has 1 N–H and O–H groups in total. The molecule has 2 rings (SSSR count). The van der Waals surface area contributed by atoms with E-state index in [2.05, 4.69) is 12.2 Å². The van der Waals surface area contributed by atoms with Crippen LogP contribution in [0.1, 0.15) is 44.2 Å². The van der Waals surface area contributed by atoms with Crippen LogP contribution in [-0.4, -0.2) is 29.3 Å². The topological polar surface area (TPSA) is 49.4 Å². The van der Waals surface area contributed by atoms with Gasteiger partial charge in [-0.05, 0) is 48.2 Å². The number of halogens is 2. The second kappa shape index (κ2) is 11.6. The zero-order valence-corrected chi connectivity index (χ0v) is 17.7. The van der Waals surface area contributed by atoms with E-state index in [0.29, 0.717) is 30.1 Å². The summed E-state index contributed by atoms with van der Waals surface area (Å²) in [4.78, 5) is 27.5. The first-order valence-corrected chi connectivity index (χ1v) is 10.4. The van der Waals surface area contributed by atoms with Crippen molar-refractivity contribution >= 4 is 23.4 Å². The van der Waals surface area contributed by atoms with Gasteiger partial charge in [0.1, 0.15) is 11.9 Å². The van der Waals surface area contributed by atoms with Crippen molar-refractivity contribution in [2.45, 2.75) is 52.1 Å². The van der Waals surface area contributed by atoms with Crippen LogP contribution in [0.5, 0.6) is 0 Å². The van der Waals surface area contributed by atoms with E-state index < -0.39 is 6.04 Å². The van der Waals surface area contributed by atoms with E-state index >= 15 is 0 Å². The second-order valence-electron chi connectivity index (χ2n) is 7.02. The van der Waals surface area contributed by atoms with Gasteiger partial charge in [-0.1, -0.05) is 56.1 Å². The lowest BCUT2D eigenvalue weighted by molar-refractivity contribution is -0.140. The Morgan fingerprint density at radius 2 is 1.66 bits per heavy atom. The normalized spacial score (nSPS) is 11.7. The molecule has 2 aromatic rings. The average Bonchev–Trinajstić information content (AvgIpc) is 2.71. The van der Waals surface area contributed by atoms with E-state index in [4.69, 9.17) is 11.6 Å². The maximum absolute atomic E-state index is 13.2. The van der Waals surface area contributed by atoms with E-state index in [1.165, 1.54) is 12.1 Å². The number of carbonyl (C=O) groups is 2. The summed E-state index contributed by atoms with van der Waals surface area (Å²) in [5, 5.41) is 3.55. The summed E-state index contributed by atoms with van der Waals surface area (Å²) < 4.78 is 13.2. The Morgan fingerprint density at radius 3 is 2.24 bits per heavy atom. The van der Waals surface area contributed by atoms with Gasteiger partial charge < -0.3 is 10.2 Å². The van der Waals surface area contributed by atoms with Gasteiger partial charge in [-0.15, -0.1) is 0 Å². The third-order valence-electron chi connectivity index (χ3n) is 4.75. The fourth-order valence-corrected chi connectivity index (χ4v) is 3.22. The minimum absolute atomic E-state index is 0.104. The number of rotatable bonds is 10. The number of carbonyl (C=O) groups excluding carboxylic acids is 2. The van der Waals surface area contributed by atoms with Crippen molar-refractivity contribution in [2.75, 3.05) is 6.54 Å². The van der Waals surface area contributed by atoms with Crippen molar-refractivity contribution in [3.8, 4) is 0 Å². The van der Waals surface area contributed by atoms with Gasteiger partial charge in [0, 0.05) is 18.1 Å². The van der Waals surface area contributed by atoms with E-state index in [1.807, 2.05) is 19.1 Å².